The van der Waals surface area contributed by atoms with E-state index in [-0.39, 0.29) is 33.2 Å². The second-order valence-electron chi connectivity index (χ2n) is 8.33. The number of nitrogens with one attached hydrogen (secondary N) is 1. The summed E-state index contributed by atoms with van der Waals surface area (Å²) in [4.78, 5) is 31.7. The Kier molecular flexibility index (Phi) is 7.01. The zero-order valence-electron chi connectivity index (χ0n) is 19.7. The Morgan fingerprint density at radius 2 is 1.41 bits per heavy atom. The van der Waals surface area contributed by atoms with Crippen LogP contribution in [0.25, 0.3) is 10.9 Å². The highest BCUT2D eigenvalue weighted by Crippen LogP contribution is 2.36. The Morgan fingerprint density at radius 1 is 0.892 bits per heavy atom. The molecule has 0 saturated heterocycles. The van der Waals surface area contributed by atoms with E-state index < -0.39 is 24.1 Å². The molecule has 2 aromatic heterocycles. The summed E-state index contributed by atoms with van der Waals surface area (Å²) in [7, 11) is 0. The van der Waals surface area contributed by atoms with E-state index in [1.807, 2.05) is 0 Å². The molecule has 37 heavy (non-hydrogen) atoms. The molecule has 0 aliphatic heterocycles. The fourth-order valence-corrected chi connectivity index (χ4v) is 4.30. The van der Waals surface area contributed by atoms with Crippen molar-refractivity contribution in [3.05, 3.63) is 69.8 Å². The number of primary amides is 2. The fourth-order valence-electron chi connectivity index (χ4n) is 4.06. The lowest BCUT2D eigenvalue weighted by molar-refractivity contribution is 0.251. The van der Waals surface area contributed by atoms with Gasteiger partial charge in [-0.25, -0.2) is 14.6 Å². The molecule has 0 saturated carbocycles. The fraction of sp³-hybridized carbons (Fsp3) is 0.167. The van der Waals surface area contributed by atoms with Crippen LogP contribution in [-0.2, 0) is 0 Å². The van der Waals surface area contributed by atoms with Crippen LogP contribution in [0.1, 0.15) is 37.1 Å². The number of halogens is 2. The molecule has 13 heteroatoms. The van der Waals surface area contributed by atoms with Crippen molar-refractivity contribution in [3.63, 3.8) is 0 Å². The molecule has 2 aromatic carbocycles. The lowest BCUT2D eigenvalue weighted by Crippen LogP contribution is -2.38. The molecular weight excluding hydrogens is 521 g/mol. The molecule has 0 spiro atoms. The number of nitrogens with zero attached hydrogens (tertiary/aromatic N) is 4. The van der Waals surface area contributed by atoms with Crippen LogP contribution in [0.3, 0.4) is 0 Å². The molecular formula is C24H23Cl2N7O4. The number of H-pyrrole nitrogens is 1. The Hall–Kier alpha value is -4.22. The highest BCUT2D eigenvalue weighted by molar-refractivity contribution is 6.32. The van der Waals surface area contributed by atoms with Crippen LogP contribution in [0.2, 0.25) is 10.0 Å². The lowest BCUT2D eigenvalue weighted by Gasteiger charge is -2.27. The van der Waals surface area contributed by atoms with Crippen molar-refractivity contribution in [2.45, 2.75) is 25.9 Å². The van der Waals surface area contributed by atoms with Gasteiger partial charge in [0.1, 0.15) is 17.3 Å². The van der Waals surface area contributed by atoms with Gasteiger partial charge in [-0.05, 0) is 49.2 Å². The number of nitrogens with two attached hydrogens (primary N) is 2. The van der Waals surface area contributed by atoms with Crippen LogP contribution >= 0.6 is 23.2 Å². The SMILES string of the molecule is C[C@H](c1ccc(Cl)c(O)c1)N(C(N)=O)c1cc2[nH]nc(N(C(N)=O)[C@H](C)c3ccc(Cl)c(O)c3)c2cn1. The molecule has 0 bridgehead atoms. The first-order valence-electron chi connectivity index (χ1n) is 11.0. The molecule has 0 aliphatic rings. The van der Waals surface area contributed by atoms with Crippen molar-refractivity contribution < 1.29 is 19.8 Å². The number of hydrogen-bond acceptors (Lipinski definition) is 6. The van der Waals surface area contributed by atoms with Gasteiger partial charge in [0.05, 0.1) is 33.0 Å². The number of rotatable bonds is 6. The number of carbonyl (C=O) groups is 2. The number of phenols is 2. The molecule has 0 fully saturated rings. The number of anilines is 2. The van der Waals surface area contributed by atoms with Crippen molar-refractivity contribution >= 4 is 57.8 Å². The summed E-state index contributed by atoms with van der Waals surface area (Å²) in [5, 5.41) is 27.9. The quantitative estimate of drug-likeness (QED) is 0.229. The van der Waals surface area contributed by atoms with E-state index in [1.165, 1.54) is 40.3 Å². The molecule has 4 rings (SSSR count). The number of amides is 4. The Morgan fingerprint density at radius 3 is 1.89 bits per heavy atom. The number of aromatic hydroxyl groups is 2. The summed E-state index contributed by atoms with van der Waals surface area (Å²) < 4.78 is 0. The van der Waals surface area contributed by atoms with E-state index in [9.17, 15) is 19.8 Å². The van der Waals surface area contributed by atoms with E-state index >= 15 is 0 Å². The van der Waals surface area contributed by atoms with Crippen LogP contribution in [0.4, 0.5) is 21.2 Å². The minimum Gasteiger partial charge on any atom is -0.506 e. The third-order valence-corrected chi connectivity index (χ3v) is 6.68. The Balaban J connectivity index is 1.72. The first-order valence-corrected chi connectivity index (χ1v) is 11.7. The van der Waals surface area contributed by atoms with Gasteiger partial charge in [-0.2, -0.15) is 5.10 Å². The number of hydrogen-bond donors (Lipinski definition) is 5. The molecule has 2 heterocycles. The van der Waals surface area contributed by atoms with Gasteiger partial charge in [-0.1, -0.05) is 35.3 Å². The number of fused-ring (bicyclic) bond motifs is 1. The first-order chi connectivity index (χ1) is 17.5. The van der Waals surface area contributed by atoms with Gasteiger partial charge in [0, 0.05) is 12.3 Å². The third kappa shape index (κ3) is 4.91. The summed E-state index contributed by atoms with van der Waals surface area (Å²) in [5.41, 5.74) is 13.0. The van der Waals surface area contributed by atoms with Gasteiger partial charge in [0.15, 0.2) is 5.82 Å². The van der Waals surface area contributed by atoms with Gasteiger partial charge >= 0.3 is 12.1 Å². The largest absolute Gasteiger partial charge is 0.506 e. The minimum atomic E-state index is -0.783. The zero-order valence-corrected chi connectivity index (χ0v) is 21.2. The van der Waals surface area contributed by atoms with Gasteiger partial charge < -0.3 is 21.7 Å². The Labute approximate surface area is 221 Å². The van der Waals surface area contributed by atoms with E-state index in [4.69, 9.17) is 34.7 Å². The molecule has 4 aromatic rings. The average Bonchev–Trinajstić information content (AvgIpc) is 3.25. The summed E-state index contributed by atoms with van der Waals surface area (Å²) in [5.74, 6) is 0.137. The van der Waals surface area contributed by atoms with E-state index in [0.29, 0.717) is 22.0 Å². The number of phenolic OH excluding ortho intramolecular Hbond substituents is 2. The topological polar surface area (TPSA) is 175 Å². The van der Waals surface area contributed by atoms with Crippen LogP contribution < -0.4 is 21.3 Å². The second kappa shape index (κ2) is 10.0. The molecule has 192 valence electrons. The number of carbonyl (C=O) groups excluding carboxylic acids is 2. The van der Waals surface area contributed by atoms with E-state index in [0.717, 1.165) is 0 Å². The smallest absolute Gasteiger partial charge is 0.321 e. The molecule has 2 atom stereocenters. The molecule has 7 N–H and O–H groups in total. The number of aromatic nitrogens is 3. The zero-order chi connectivity index (χ0) is 27.0. The average molecular weight is 544 g/mol. The van der Waals surface area contributed by atoms with Crippen molar-refractivity contribution in [2.24, 2.45) is 11.5 Å². The normalized spacial score (nSPS) is 12.8. The van der Waals surface area contributed by atoms with Gasteiger partial charge in [-0.15, -0.1) is 0 Å². The second-order valence-corrected chi connectivity index (χ2v) is 9.14. The lowest BCUT2D eigenvalue weighted by atomic mass is 10.1. The molecule has 0 aliphatic carbocycles. The van der Waals surface area contributed by atoms with Gasteiger partial charge in [-0.3, -0.25) is 14.9 Å². The van der Waals surface area contributed by atoms with E-state index in [2.05, 4.69) is 15.2 Å². The van der Waals surface area contributed by atoms with E-state index in [1.54, 1.807) is 32.0 Å². The van der Waals surface area contributed by atoms with Crippen molar-refractivity contribution in [2.75, 3.05) is 9.80 Å². The standard InChI is InChI=1S/C24H23Cl2N7O4/c1-11(13-3-5-16(25)19(34)7-13)32(23(27)36)21-9-18-15(10-29-21)22(31-30-18)33(24(28)37)12(2)14-4-6-17(26)20(35)8-14/h3-12,34-35H,1-2H3,(H2,27,36)(H2,28,37)(H,30,31)/t11-,12-/m1/s1. The summed E-state index contributed by atoms with van der Waals surface area (Å²) in [6.07, 6.45) is 1.44. The summed E-state index contributed by atoms with van der Waals surface area (Å²) in [6.45, 7) is 3.43. The number of pyridine rings is 1. The molecule has 0 unspecified atom stereocenters. The molecule has 0 radical (unpaired) electrons. The summed E-state index contributed by atoms with van der Waals surface area (Å²) in [6, 6.07) is 8.01. The summed E-state index contributed by atoms with van der Waals surface area (Å²) >= 11 is 11.8. The van der Waals surface area contributed by atoms with Crippen LogP contribution in [0, 0.1) is 0 Å². The highest BCUT2D eigenvalue weighted by atomic mass is 35.5. The Bertz CT molecular complexity index is 1510. The van der Waals surface area contributed by atoms with Crippen molar-refractivity contribution in [1.29, 1.82) is 0 Å². The maximum atomic E-state index is 12.5. The molecule has 4 amide bonds. The monoisotopic (exact) mass is 543 g/mol. The predicted molar refractivity (Wildman–Crippen MR) is 141 cm³/mol. The molecule has 11 nitrogen and oxygen atoms in total. The van der Waals surface area contributed by atoms with Gasteiger partial charge in [0.2, 0.25) is 0 Å². The maximum absolute atomic E-state index is 12.5. The van der Waals surface area contributed by atoms with Gasteiger partial charge in [0.25, 0.3) is 0 Å². The predicted octanol–water partition coefficient (Wildman–Crippen LogP) is 4.97. The van der Waals surface area contributed by atoms with Crippen molar-refractivity contribution in [1.82, 2.24) is 15.2 Å². The van der Waals surface area contributed by atoms with Crippen LogP contribution in [-0.4, -0.2) is 37.5 Å². The third-order valence-electron chi connectivity index (χ3n) is 6.04. The number of benzene rings is 2. The first kappa shape index (κ1) is 25.9. The number of aromatic amines is 1. The highest BCUT2D eigenvalue weighted by Gasteiger charge is 2.28. The van der Waals surface area contributed by atoms with Crippen molar-refractivity contribution in [3.8, 4) is 11.5 Å². The maximum Gasteiger partial charge on any atom is 0.321 e. The number of urea groups is 2. The van der Waals surface area contributed by atoms with Crippen LogP contribution in [0.5, 0.6) is 11.5 Å². The van der Waals surface area contributed by atoms with Crippen LogP contribution in [0.15, 0.2) is 48.7 Å². The minimum absolute atomic E-state index is 0.133.